The van der Waals surface area contributed by atoms with Gasteiger partial charge in [0.2, 0.25) is 0 Å². The molecule has 1 aliphatic rings. The van der Waals surface area contributed by atoms with Gasteiger partial charge in [-0.15, -0.1) is 0 Å². The molecule has 1 N–H and O–H groups in total. The number of nitrogens with one attached hydrogen (secondary N) is 1. The molecule has 2 aromatic heterocycles. The van der Waals surface area contributed by atoms with E-state index in [0.717, 1.165) is 0 Å². The third-order valence-electron chi connectivity index (χ3n) is 4.80. The molecule has 0 spiro atoms. The largest absolute Gasteiger partial charge is 0.332 e. The minimum atomic E-state index is -0.238. The highest BCUT2D eigenvalue weighted by molar-refractivity contribution is 6.07. The lowest BCUT2D eigenvalue weighted by Crippen LogP contribution is -2.39. The minimum absolute atomic E-state index is 0.159. The van der Waals surface area contributed by atoms with Gasteiger partial charge in [-0.05, 0) is 31.5 Å². The number of aromatic amines is 1. The van der Waals surface area contributed by atoms with Gasteiger partial charge in [-0.25, -0.2) is 4.98 Å². The fourth-order valence-corrected chi connectivity index (χ4v) is 3.38. The van der Waals surface area contributed by atoms with Crippen molar-refractivity contribution in [3.8, 4) is 11.5 Å². The molecular formula is C21H18N4O3. The zero-order chi connectivity index (χ0) is 19.7. The molecule has 1 amide bonds. The molecule has 7 nitrogen and oxygen atoms in total. The molecule has 0 atom stereocenters. The number of H-pyrrole nitrogens is 1. The Morgan fingerprint density at radius 3 is 2.54 bits per heavy atom. The van der Waals surface area contributed by atoms with Gasteiger partial charge in [0.05, 0.1) is 17.8 Å². The second-order valence-corrected chi connectivity index (χ2v) is 6.63. The van der Waals surface area contributed by atoms with E-state index >= 15 is 0 Å². The molecule has 0 saturated carbocycles. The molecule has 3 aromatic rings. The number of pyridine rings is 1. The van der Waals surface area contributed by atoms with E-state index in [2.05, 4.69) is 15.0 Å². The van der Waals surface area contributed by atoms with E-state index in [9.17, 15) is 14.4 Å². The first-order valence-electron chi connectivity index (χ1n) is 8.97. The topological polar surface area (TPSA) is 96.0 Å². The second kappa shape index (κ2) is 7.19. The number of ketones is 1. The van der Waals surface area contributed by atoms with Crippen LogP contribution in [0.5, 0.6) is 0 Å². The molecule has 0 unspecified atom stereocenters. The van der Waals surface area contributed by atoms with Crippen LogP contribution in [0, 0.1) is 0 Å². The molecule has 0 saturated heterocycles. The van der Waals surface area contributed by atoms with E-state index in [1.54, 1.807) is 47.5 Å². The maximum Gasteiger partial charge on any atom is 0.254 e. The fraction of sp³-hybridized carbons (Fsp3) is 0.190. The Balaban J connectivity index is 1.68. The van der Waals surface area contributed by atoms with Crippen molar-refractivity contribution in [2.24, 2.45) is 0 Å². The third kappa shape index (κ3) is 3.22. The highest BCUT2D eigenvalue weighted by atomic mass is 16.2. The molecule has 0 radical (unpaired) electrons. The van der Waals surface area contributed by atoms with Gasteiger partial charge in [-0.1, -0.05) is 24.3 Å². The van der Waals surface area contributed by atoms with E-state index in [0.29, 0.717) is 46.9 Å². The molecular weight excluding hydrogens is 356 g/mol. The molecule has 3 heterocycles. The Bertz CT molecular complexity index is 1120. The van der Waals surface area contributed by atoms with Crippen molar-refractivity contribution in [3.05, 3.63) is 81.4 Å². The van der Waals surface area contributed by atoms with Gasteiger partial charge >= 0.3 is 0 Å². The Hall–Kier alpha value is -3.61. The third-order valence-corrected chi connectivity index (χ3v) is 4.80. The molecule has 4 rings (SSSR count). The van der Waals surface area contributed by atoms with E-state index in [1.165, 1.54) is 6.92 Å². The second-order valence-electron chi connectivity index (χ2n) is 6.63. The maximum atomic E-state index is 13.0. The van der Waals surface area contributed by atoms with Crippen LogP contribution in [0.25, 0.3) is 11.5 Å². The molecule has 140 valence electrons. The number of nitrogens with zero attached hydrogens (tertiary/aromatic N) is 3. The Labute approximate surface area is 161 Å². The summed E-state index contributed by atoms with van der Waals surface area (Å²) in [6.45, 7) is 2.05. The number of amides is 1. The van der Waals surface area contributed by atoms with Gasteiger partial charge < -0.3 is 9.88 Å². The summed E-state index contributed by atoms with van der Waals surface area (Å²) in [6.07, 6.45) is 2.04. The average molecular weight is 374 g/mol. The number of carbonyl (C=O) groups is 2. The maximum absolute atomic E-state index is 13.0. The number of carbonyl (C=O) groups excluding carboxylic acids is 2. The monoisotopic (exact) mass is 374 g/mol. The normalized spacial score (nSPS) is 13.1. The van der Waals surface area contributed by atoms with Crippen molar-refractivity contribution < 1.29 is 9.59 Å². The van der Waals surface area contributed by atoms with Gasteiger partial charge in [0.1, 0.15) is 5.69 Å². The zero-order valence-electron chi connectivity index (χ0n) is 15.3. The summed E-state index contributed by atoms with van der Waals surface area (Å²) >= 11 is 0. The van der Waals surface area contributed by atoms with Gasteiger partial charge in [0.15, 0.2) is 11.6 Å². The fourth-order valence-electron chi connectivity index (χ4n) is 3.38. The Kier molecular flexibility index (Phi) is 4.57. The van der Waals surface area contributed by atoms with E-state index in [-0.39, 0.29) is 23.8 Å². The first-order chi connectivity index (χ1) is 13.5. The first kappa shape index (κ1) is 17.8. The van der Waals surface area contributed by atoms with Crippen LogP contribution in [-0.4, -0.2) is 38.1 Å². The van der Waals surface area contributed by atoms with E-state index in [4.69, 9.17) is 0 Å². The number of hydrogen-bond acceptors (Lipinski definition) is 5. The predicted molar refractivity (Wildman–Crippen MR) is 103 cm³/mol. The summed E-state index contributed by atoms with van der Waals surface area (Å²) < 4.78 is 0. The molecule has 0 aliphatic carbocycles. The first-order valence-corrected chi connectivity index (χ1v) is 8.97. The van der Waals surface area contributed by atoms with E-state index in [1.807, 2.05) is 6.07 Å². The highest BCUT2D eigenvalue weighted by Gasteiger charge is 2.27. The van der Waals surface area contributed by atoms with Crippen molar-refractivity contribution >= 4 is 11.7 Å². The summed E-state index contributed by atoms with van der Waals surface area (Å²) in [5, 5.41) is 0. The zero-order valence-corrected chi connectivity index (χ0v) is 15.3. The van der Waals surface area contributed by atoms with Gasteiger partial charge in [-0.3, -0.25) is 19.4 Å². The lowest BCUT2D eigenvalue weighted by atomic mass is 10.0. The quantitative estimate of drug-likeness (QED) is 0.709. The van der Waals surface area contributed by atoms with Crippen LogP contribution < -0.4 is 5.56 Å². The number of benzene rings is 1. The highest BCUT2D eigenvalue weighted by Crippen LogP contribution is 2.20. The lowest BCUT2D eigenvalue weighted by molar-refractivity contribution is 0.0727. The molecule has 1 aromatic carbocycles. The van der Waals surface area contributed by atoms with Crippen molar-refractivity contribution in [1.82, 2.24) is 19.9 Å². The molecule has 28 heavy (non-hydrogen) atoms. The molecule has 0 bridgehead atoms. The lowest BCUT2D eigenvalue weighted by Gasteiger charge is -2.28. The van der Waals surface area contributed by atoms with Crippen molar-refractivity contribution in [2.75, 3.05) is 6.54 Å². The van der Waals surface area contributed by atoms with Gasteiger partial charge in [0.25, 0.3) is 11.5 Å². The Morgan fingerprint density at radius 1 is 1.07 bits per heavy atom. The molecule has 7 heteroatoms. The number of hydrogen-bond donors (Lipinski definition) is 1. The van der Waals surface area contributed by atoms with Crippen molar-refractivity contribution in [3.63, 3.8) is 0 Å². The standard InChI is InChI=1S/C21H18N4O3/c1-13(26)14-6-2-3-7-15(14)21(28)25-11-9-16-18(12-25)23-19(24-20(16)27)17-8-4-5-10-22-17/h2-8,10H,9,11-12H2,1H3,(H,23,24,27). The summed E-state index contributed by atoms with van der Waals surface area (Å²) in [6, 6.07) is 12.1. The van der Waals surface area contributed by atoms with Crippen LogP contribution in [0.15, 0.2) is 53.5 Å². The summed E-state index contributed by atoms with van der Waals surface area (Å²) in [4.78, 5) is 50.5. The van der Waals surface area contributed by atoms with Gasteiger partial charge in [0, 0.05) is 23.9 Å². The van der Waals surface area contributed by atoms with Crippen LogP contribution in [0.4, 0.5) is 0 Å². The van der Waals surface area contributed by atoms with Crippen LogP contribution in [0.3, 0.4) is 0 Å². The summed E-state index contributed by atoms with van der Waals surface area (Å²) in [5.41, 5.74) is 2.27. The Morgan fingerprint density at radius 2 is 1.82 bits per heavy atom. The number of rotatable bonds is 3. The van der Waals surface area contributed by atoms with Gasteiger partial charge in [-0.2, -0.15) is 0 Å². The predicted octanol–water partition coefficient (Wildman–Crippen LogP) is 2.23. The molecule has 0 fully saturated rings. The molecule has 1 aliphatic heterocycles. The summed E-state index contributed by atoms with van der Waals surface area (Å²) in [7, 11) is 0. The van der Waals surface area contributed by atoms with Crippen LogP contribution in [0.1, 0.15) is 38.9 Å². The van der Waals surface area contributed by atoms with E-state index < -0.39 is 0 Å². The average Bonchev–Trinajstić information content (AvgIpc) is 2.73. The summed E-state index contributed by atoms with van der Waals surface area (Å²) in [5.74, 6) is -0.0194. The minimum Gasteiger partial charge on any atom is -0.332 e. The number of aromatic nitrogens is 3. The smallest absolute Gasteiger partial charge is 0.254 e. The van der Waals surface area contributed by atoms with Crippen molar-refractivity contribution in [1.29, 1.82) is 0 Å². The van der Waals surface area contributed by atoms with Crippen molar-refractivity contribution in [2.45, 2.75) is 19.9 Å². The number of fused-ring (bicyclic) bond motifs is 1. The van der Waals surface area contributed by atoms with Crippen LogP contribution >= 0.6 is 0 Å². The van der Waals surface area contributed by atoms with Crippen LogP contribution in [0.2, 0.25) is 0 Å². The SMILES string of the molecule is CC(=O)c1ccccc1C(=O)N1CCc2c(nc(-c3ccccn3)[nH]c2=O)C1. The van der Waals surface area contributed by atoms with Crippen LogP contribution in [-0.2, 0) is 13.0 Å². The number of Topliss-reactive ketones (excluding diaryl/α,β-unsaturated/α-hetero) is 1.